The summed E-state index contributed by atoms with van der Waals surface area (Å²) in [6, 6.07) is 2.86. The van der Waals surface area contributed by atoms with E-state index in [4.69, 9.17) is 5.11 Å². The predicted molar refractivity (Wildman–Crippen MR) is 77.6 cm³/mol. The molecule has 1 aromatic rings. The lowest BCUT2D eigenvalue weighted by molar-refractivity contribution is 0.0696. The highest BCUT2D eigenvalue weighted by Gasteiger charge is 2.24. The quantitative estimate of drug-likeness (QED) is 0.875. The molecule has 0 atom stereocenters. The van der Waals surface area contributed by atoms with Gasteiger partial charge >= 0.3 is 5.97 Å². The first-order valence-corrected chi connectivity index (χ1v) is 7.96. The van der Waals surface area contributed by atoms with Crippen LogP contribution in [0.1, 0.15) is 41.3 Å². The molecule has 0 aliphatic carbocycles. The Morgan fingerprint density at radius 1 is 1.25 bits per heavy atom. The molecule has 0 saturated heterocycles. The molecule has 0 heterocycles. The molecule has 0 saturated carbocycles. The van der Waals surface area contributed by atoms with Crippen LogP contribution >= 0.6 is 0 Å². The van der Waals surface area contributed by atoms with Gasteiger partial charge in [0.15, 0.2) is 0 Å². The van der Waals surface area contributed by atoms with Crippen LogP contribution in [0, 0.1) is 13.8 Å². The van der Waals surface area contributed by atoms with Gasteiger partial charge in [0.25, 0.3) is 0 Å². The fraction of sp³-hybridized carbons (Fsp3) is 0.500. The Morgan fingerprint density at radius 3 is 2.35 bits per heavy atom. The van der Waals surface area contributed by atoms with Crippen LogP contribution in [0.3, 0.4) is 0 Å². The topological polar surface area (TPSA) is 74.7 Å². The normalized spacial score (nSPS) is 11.8. The molecule has 0 aliphatic heterocycles. The van der Waals surface area contributed by atoms with Crippen molar-refractivity contribution in [3.05, 3.63) is 28.8 Å². The van der Waals surface area contributed by atoms with E-state index in [1.807, 2.05) is 6.92 Å². The summed E-state index contributed by atoms with van der Waals surface area (Å²) in [5.74, 6) is -1.12. The second-order valence-corrected chi connectivity index (χ2v) is 6.93. The van der Waals surface area contributed by atoms with E-state index in [1.165, 1.54) is 17.4 Å². The molecule has 6 heteroatoms. The van der Waals surface area contributed by atoms with Gasteiger partial charge in [-0.15, -0.1) is 0 Å². The van der Waals surface area contributed by atoms with Crippen molar-refractivity contribution >= 4 is 16.0 Å². The number of hydrogen-bond acceptors (Lipinski definition) is 3. The molecule has 0 aromatic heterocycles. The third-order valence-corrected chi connectivity index (χ3v) is 5.27. The Hall–Kier alpha value is -1.40. The molecule has 0 spiro atoms. The number of unbranched alkanes of at least 4 members (excludes halogenated alkanes) is 1. The molecule has 0 amide bonds. The summed E-state index contributed by atoms with van der Waals surface area (Å²) in [5, 5.41) is 9.12. The molecule has 0 aliphatic rings. The van der Waals surface area contributed by atoms with Crippen molar-refractivity contribution in [1.82, 2.24) is 4.31 Å². The summed E-state index contributed by atoms with van der Waals surface area (Å²) in [5.41, 5.74) is 1.15. The fourth-order valence-electron chi connectivity index (χ4n) is 2.01. The zero-order valence-electron chi connectivity index (χ0n) is 12.3. The minimum absolute atomic E-state index is 0.0260. The molecule has 1 N–H and O–H groups in total. The summed E-state index contributed by atoms with van der Waals surface area (Å²) >= 11 is 0. The molecule has 1 rings (SSSR count). The third-order valence-electron chi connectivity index (χ3n) is 3.27. The van der Waals surface area contributed by atoms with Crippen LogP contribution in [0.25, 0.3) is 0 Å². The molecular formula is C14H21NO4S. The second-order valence-electron chi connectivity index (χ2n) is 4.92. The zero-order valence-corrected chi connectivity index (χ0v) is 13.1. The number of nitrogens with zero attached hydrogens (tertiary/aromatic N) is 1. The predicted octanol–water partition coefficient (Wildman–Crippen LogP) is 2.42. The number of hydrogen-bond donors (Lipinski definition) is 1. The Morgan fingerprint density at radius 2 is 1.85 bits per heavy atom. The summed E-state index contributed by atoms with van der Waals surface area (Å²) in [4.78, 5) is 11.2. The van der Waals surface area contributed by atoms with Gasteiger partial charge in [-0.05, 0) is 37.5 Å². The number of aromatic carboxylic acids is 1. The van der Waals surface area contributed by atoms with Crippen molar-refractivity contribution in [2.75, 3.05) is 13.6 Å². The van der Waals surface area contributed by atoms with Crippen molar-refractivity contribution in [3.8, 4) is 0 Å². The van der Waals surface area contributed by atoms with Crippen molar-refractivity contribution in [2.45, 2.75) is 38.5 Å². The molecule has 20 heavy (non-hydrogen) atoms. The van der Waals surface area contributed by atoms with Gasteiger partial charge in [-0.3, -0.25) is 0 Å². The summed E-state index contributed by atoms with van der Waals surface area (Å²) in [6.45, 7) is 5.75. The van der Waals surface area contributed by atoms with Gasteiger partial charge < -0.3 is 5.11 Å². The van der Waals surface area contributed by atoms with Crippen molar-refractivity contribution in [1.29, 1.82) is 0 Å². The van der Waals surface area contributed by atoms with Crippen molar-refractivity contribution < 1.29 is 18.3 Å². The van der Waals surface area contributed by atoms with E-state index in [0.29, 0.717) is 17.7 Å². The Balaban J connectivity index is 3.31. The highest BCUT2D eigenvalue weighted by molar-refractivity contribution is 7.89. The standard InChI is InChI=1S/C14H21NO4S/c1-5-6-7-15(4)20(18,19)13-9-12(14(16)17)10(2)8-11(13)3/h8-9H,5-7H2,1-4H3,(H,16,17). The lowest BCUT2D eigenvalue weighted by Gasteiger charge is -2.19. The maximum atomic E-state index is 12.5. The van der Waals surface area contributed by atoms with Crippen LogP contribution in [-0.4, -0.2) is 37.4 Å². The largest absolute Gasteiger partial charge is 0.478 e. The van der Waals surface area contributed by atoms with Crippen LogP contribution in [0.15, 0.2) is 17.0 Å². The number of carboxylic acids is 1. The maximum absolute atomic E-state index is 12.5. The van der Waals surface area contributed by atoms with E-state index >= 15 is 0 Å². The first-order chi connectivity index (χ1) is 9.21. The minimum Gasteiger partial charge on any atom is -0.478 e. The zero-order chi connectivity index (χ0) is 15.5. The van der Waals surface area contributed by atoms with Crippen LogP contribution < -0.4 is 0 Å². The van der Waals surface area contributed by atoms with E-state index in [9.17, 15) is 13.2 Å². The van der Waals surface area contributed by atoms with Gasteiger partial charge in [0.05, 0.1) is 10.5 Å². The molecule has 5 nitrogen and oxygen atoms in total. The number of rotatable bonds is 6. The van der Waals surface area contributed by atoms with Crippen LogP contribution in [-0.2, 0) is 10.0 Å². The van der Waals surface area contributed by atoms with Crippen LogP contribution in [0.2, 0.25) is 0 Å². The number of carbonyl (C=O) groups is 1. The van der Waals surface area contributed by atoms with Crippen LogP contribution in [0.4, 0.5) is 0 Å². The number of aryl methyl sites for hydroxylation is 2. The van der Waals surface area contributed by atoms with E-state index in [-0.39, 0.29) is 10.5 Å². The Kier molecular flexibility index (Phi) is 5.30. The summed E-state index contributed by atoms with van der Waals surface area (Å²) in [7, 11) is -2.13. The fourth-order valence-corrected chi connectivity index (χ4v) is 3.45. The summed E-state index contributed by atoms with van der Waals surface area (Å²) < 4.78 is 26.2. The molecular weight excluding hydrogens is 278 g/mol. The average Bonchev–Trinajstić information content (AvgIpc) is 2.34. The Labute approximate surface area is 120 Å². The molecule has 0 radical (unpaired) electrons. The number of carboxylic acid groups (broad SMARTS) is 1. The number of sulfonamides is 1. The van der Waals surface area contributed by atoms with Gasteiger partial charge in [-0.25, -0.2) is 17.5 Å². The van der Waals surface area contributed by atoms with Gasteiger partial charge in [0, 0.05) is 13.6 Å². The van der Waals surface area contributed by atoms with Gasteiger partial charge in [-0.1, -0.05) is 19.4 Å². The molecule has 0 fully saturated rings. The summed E-state index contributed by atoms with van der Waals surface area (Å²) in [6.07, 6.45) is 1.67. The van der Waals surface area contributed by atoms with E-state index in [2.05, 4.69) is 0 Å². The molecule has 0 bridgehead atoms. The van der Waals surface area contributed by atoms with Gasteiger partial charge in [0.1, 0.15) is 0 Å². The first kappa shape index (κ1) is 16.7. The van der Waals surface area contributed by atoms with Gasteiger partial charge in [-0.2, -0.15) is 0 Å². The van der Waals surface area contributed by atoms with E-state index < -0.39 is 16.0 Å². The number of benzene rings is 1. The second kappa shape index (κ2) is 6.37. The highest BCUT2D eigenvalue weighted by Crippen LogP contribution is 2.23. The molecule has 1 aromatic carbocycles. The lowest BCUT2D eigenvalue weighted by atomic mass is 10.1. The monoisotopic (exact) mass is 299 g/mol. The van der Waals surface area contributed by atoms with Crippen molar-refractivity contribution in [2.24, 2.45) is 0 Å². The van der Waals surface area contributed by atoms with E-state index in [1.54, 1.807) is 19.9 Å². The minimum atomic E-state index is -3.64. The maximum Gasteiger partial charge on any atom is 0.335 e. The third kappa shape index (κ3) is 3.37. The van der Waals surface area contributed by atoms with Gasteiger partial charge in [0.2, 0.25) is 10.0 Å². The SMILES string of the molecule is CCCCN(C)S(=O)(=O)c1cc(C(=O)O)c(C)cc1C. The smallest absolute Gasteiger partial charge is 0.335 e. The average molecular weight is 299 g/mol. The van der Waals surface area contributed by atoms with Crippen molar-refractivity contribution in [3.63, 3.8) is 0 Å². The molecule has 0 unspecified atom stereocenters. The van der Waals surface area contributed by atoms with E-state index in [0.717, 1.165) is 12.8 Å². The highest BCUT2D eigenvalue weighted by atomic mass is 32.2. The van der Waals surface area contributed by atoms with Crippen LogP contribution in [0.5, 0.6) is 0 Å². The first-order valence-electron chi connectivity index (χ1n) is 6.52. The lowest BCUT2D eigenvalue weighted by Crippen LogP contribution is -2.28. The Bertz CT molecular complexity index is 608. The molecule has 112 valence electrons.